The molecule has 1 unspecified atom stereocenters. The molecule has 0 aromatic heterocycles. The summed E-state index contributed by atoms with van der Waals surface area (Å²) in [5.41, 5.74) is 2.59. The largest absolute Gasteiger partial charge is 0.344 e. The maximum absolute atomic E-state index is 11.5. The lowest BCUT2D eigenvalue weighted by atomic mass is 10.1. The Labute approximate surface area is 109 Å². The van der Waals surface area contributed by atoms with Crippen molar-refractivity contribution in [3.8, 4) is 12.3 Å². The van der Waals surface area contributed by atoms with Crippen LogP contribution in [0.4, 0.5) is 0 Å². The minimum Gasteiger partial charge on any atom is -0.344 e. The van der Waals surface area contributed by atoms with Crippen LogP contribution in [0.25, 0.3) is 0 Å². The SMILES string of the molecule is C#CCNC(=O)C(C)NCCc1ccccc1C. The van der Waals surface area contributed by atoms with E-state index < -0.39 is 0 Å². The monoisotopic (exact) mass is 244 g/mol. The topological polar surface area (TPSA) is 41.1 Å². The van der Waals surface area contributed by atoms with Gasteiger partial charge < -0.3 is 10.6 Å². The van der Waals surface area contributed by atoms with Gasteiger partial charge in [-0.15, -0.1) is 6.42 Å². The quantitative estimate of drug-likeness (QED) is 0.740. The molecule has 3 heteroatoms. The summed E-state index contributed by atoms with van der Waals surface area (Å²) in [5, 5.41) is 5.84. The lowest BCUT2D eigenvalue weighted by Crippen LogP contribution is -2.42. The van der Waals surface area contributed by atoms with Gasteiger partial charge in [-0.3, -0.25) is 4.79 Å². The van der Waals surface area contributed by atoms with Gasteiger partial charge >= 0.3 is 0 Å². The summed E-state index contributed by atoms with van der Waals surface area (Å²) >= 11 is 0. The van der Waals surface area contributed by atoms with Crippen molar-refractivity contribution in [3.05, 3.63) is 35.4 Å². The van der Waals surface area contributed by atoms with Crippen molar-refractivity contribution in [2.75, 3.05) is 13.1 Å². The molecule has 18 heavy (non-hydrogen) atoms. The first kappa shape index (κ1) is 14.3. The van der Waals surface area contributed by atoms with Gasteiger partial charge in [-0.25, -0.2) is 0 Å². The second-order valence-electron chi connectivity index (χ2n) is 4.27. The Hall–Kier alpha value is -1.79. The van der Waals surface area contributed by atoms with Crippen LogP contribution in [-0.4, -0.2) is 25.0 Å². The number of aryl methyl sites for hydroxylation is 1. The summed E-state index contributed by atoms with van der Waals surface area (Å²) in [6.07, 6.45) is 6.00. The van der Waals surface area contributed by atoms with E-state index in [9.17, 15) is 4.79 Å². The first-order valence-corrected chi connectivity index (χ1v) is 6.14. The Balaban J connectivity index is 2.32. The van der Waals surface area contributed by atoms with Crippen LogP contribution in [0.2, 0.25) is 0 Å². The Morgan fingerprint density at radius 3 is 2.83 bits per heavy atom. The Morgan fingerprint density at radius 1 is 1.44 bits per heavy atom. The van der Waals surface area contributed by atoms with E-state index in [1.165, 1.54) is 11.1 Å². The number of nitrogens with one attached hydrogen (secondary N) is 2. The van der Waals surface area contributed by atoms with Gasteiger partial charge in [0, 0.05) is 0 Å². The van der Waals surface area contributed by atoms with Gasteiger partial charge in [0.1, 0.15) is 0 Å². The third-order valence-electron chi connectivity index (χ3n) is 2.86. The van der Waals surface area contributed by atoms with Gasteiger partial charge in [0.15, 0.2) is 0 Å². The molecule has 1 rings (SSSR count). The van der Waals surface area contributed by atoms with Crippen LogP contribution in [-0.2, 0) is 11.2 Å². The van der Waals surface area contributed by atoms with E-state index in [-0.39, 0.29) is 18.5 Å². The summed E-state index contributed by atoms with van der Waals surface area (Å²) in [6, 6.07) is 8.05. The summed E-state index contributed by atoms with van der Waals surface area (Å²) in [7, 11) is 0. The van der Waals surface area contributed by atoms with Crippen molar-refractivity contribution in [1.29, 1.82) is 0 Å². The van der Waals surface area contributed by atoms with E-state index in [0.717, 1.165) is 13.0 Å². The number of carbonyl (C=O) groups is 1. The average Bonchev–Trinajstić information content (AvgIpc) is 2.38. The minimum atomic E-state index is -0.220. The smallest absolute Gasteiger partial charge is 0.237 e. The number of benzene rings is 1. The number of amides is 1. The summed E-state index contributed by atoms with van der Waals surface area (Å²) in [4.78, 5) is 11.5. The van der Waals surface area contributed by atoms with Gasteiger partial charge in [0.2, 0.25) is 5.91 Å². The fourth-order valence-corrected chi connectivity index (χ4v) is 1.70. The molecule has 1 amide bonds. The van der Waals surface area contributed by atoms with E-state index in [1.54, 1.807) is 0 Å². The van der Waals surface area contributed by atoms with E-state index in [1.807, 2.05) is 19.1 Å². The molecule has 0 radical (unpaired) electrons. The van der Waals surface area contributed by atoms with Gasteiger partial charge in [0.25, 0.3) is 0 Å². The molecule has 1 atom stereocenters. The first-order valence-electron chi connectivity index (χ1n) is 6.14. The number of hydrogen-bond acceptors (Lipinski definition) is 2. The van der Waals surface area contributed by atoms with Crippen molar-refractivity contribution in [2.24, 2.45) is 0 Å². The van der Waals surface area contributed by atoms with Crippen molar-refractivity contribution in [2.45, 2.75) is 26.3 Å². The van der Waals surface area contributed by atoms with Crippen molar-refractivity contribution in [3.63, 3.8) is 0 Å². The zero-order valence-corrected chi connectivity index (χ0v) is 11.0. The van der Waals surface area contributed by atoms with Crippen molar-refractivity contribution in [1.82, 2.24) is 10.6 Å². The van der Waals surface area contributed by atoms with E-state index in [2.05, 4.69) is 35.6 Å². The highest BCUT2D eigenvalue weighted by Crippen LogP contribution is 2.06. The molecule has 0 spiro atoms. The molecule has 0 saturated carbocycles. The predicted octanol–water partition coefficient (Wildman–Crippen LogP) is 1.27. The Bertz CT molecular complexity index is 434. The molecule has 0 bridgehead atoms. The fraction of sp³-hybridized carbons (Fsp3) is 0.400. The molecule has 1 aromatic rings. The Morgan fingerprint density at radius 2 is 2.17 bits per heavy atom. The second kappa shape index (κ2) is 7.52. The second-order valence-corrected chi connectivity index (χ2v) is 4.27. The molecule has 0 aliphatic heterocycles. The highest BCUT2D eigenvalue weighted by Gasteiger charge is 2.10. The average molecular weight is 244 g/mol. The molecule has 2 N–H and O–H groups in total. The maximum atomic E-state index is 11.5. The minimum absolute atomic E-state index is 0.0577. The maximum Gasteiger partial charge on any atom is 0.237 e. The van der Waals surface area contributed by atoms with Crippen LogP contribution in [0.3, 0.4) is 0 Å². The van der Waals surface area contributed by atoms with Crippen molar-refractivity contribution >= 4 is 5.91 Å². The predicted molar refractivity (Wildman–Crippen MR) is 74.2 cm³/mol. The Kier molecular flexibility index (Phi) is 5.96. The molecule has 1 aromatic carbocycles. The highest BCUT2D eigenvalue weighted by atomic mass is 16.2. The lowest BCUT2D eigenvalue weighted by molar-refractivity contribution is -0.122. The normalized spacial score (nSPS) is 11.6. The lowest BCUT2D eigenvalue weighted by Gasteiger charge is -2.13. The zero-order valence-electron chi connectivity index (χ0n) is 11.0. The van der Waals surface area contributed by atoms with Crippen LogP contribution in [0.5, 0.6) is 0 Å². The van der Waals surface area contributed by atoms with Crippen LogP contribution in [0.1, 0.15) is 18.1 Å². The summed E-state index contributed by atoms with van der Waals surface area (Å²) < 4.78 is 0. The van der Waals surface area contributed by atoms with Gasteiger partial charge in [0.05, 0.1) is 12.6 Å². The molecule has 3 nitrogen and oxygen atoms in total. The third-order valence-corrected chi connectivity index (χ3v) is 2.86. The van der Waals surface area contributed by atoms with Crippen LogP contribution in [0.15, 0.2) is 24.3 Å². The molecular formula is C15H20N2O. The van der Waals surface area contributed by atoms with Gasteiger partial charge in [-0.05, 0) is 37.9 Å². The summed E-state index contributed by atoms with van der Waals surface area (Å²) in [5.74, 6) is 2.33. The molecule has 0 saturated heterocycles. The van der Waals surface area contributed by atoms with Crippen LogP contribution >= 0.6 is 0 Å². The molecule has 0 aliphatic carbocycles. The third kappa shape index (κ3) is 4.60. The molecular weight excluding hydrogens is 224 g/mol. The number of terminal acetylenes is 1. The number of carbonyl (C=O) groups excluding carboxylic acids is 1. The van der Waals surface area contributed by atoms with Gasteiger partial charge in [-0.1, -0.05) is 30.2 Å². The summed E-state index contributed by atoms with van der Waals surface area (Å²) in [6.45, 7) is 4.99. The molecule has 0 heterocycles. The van der Waals surface area contributed by atoms with E-state index in [0.29, 0.717) is 0 Å². The van der Waals surface area contributed by atoms with Crippen LogP contribution in [0, 0.1) is 19.3 Å². The van der Waals surface area contributed by atoms with E-state index in [4.69, 9.17) is 6.42 Å². The fourth-order valence-electron chi connectivity index (χ4n) is 1.70. The zero-order chi connectivity index (χ0) is 13.4. The van der Waals surface area contributed by atoms with Crippen LogP contribution < -0.4 is 10.6 Å². The number of hydrogen-bond donors (Lipinski definition) is 2. The van der Waals surface area contributed by atoms with Crippen molar-refractivity contribution < 1.29 is 4.79 Å². The molecule has 0 aliphatic rings. The van der Waals surface area contributed by atoms with E-state index >= 15 is 0 Å². The van der Waals surface area contributed by atoms with Gasteiger partial charge in [-0.2, -0.15) is 0 Å². The first-order chi connectivity index (χ1) is 8.65. The highest BCUT2D eigenvalue weighted by molar-refractivity contribution is 5.81. The standard InChI is InChI=1S/C15H20N2O/c1-4-10-17-15(18)13(3)16-11-9-14-8-6-5-7-12(14)2/h1,5-8,13,16H,9-11H2,2-3H3,(H,17,18). The molecule has 96 valence electrons. The number of rotatable bonds is 6. The molecule has 0 fully saturated rings.